The van der Waals surface area contributed by atoms with Crippen molar-refractivity contribution < 1.29 is 22.5 Å². The first-order valence-corrected chi connectivity index (χ1v) is 10.6. The quantitative estimate of drug-likeness (QED) is 0.433. The fraction of sp³-hybridized carbons (Fsp3) is 0.160. The second kappa shape index (κ2) is 8.66. The lowest BCUT2D eigenvalue weighted by Crippen LogP contribution is -2.49. The molecule has 6 nitrogen and oxygen atoms in total. The van der Waals surface area contributed by atoms with Crippen molar-refractivity contribution in [2.45, 2.75) is 25.2 Å². The SMILES string of the molecule is O=C1Nc2ccccc2N(Cc2ccc(-c3noc(C(F)(F)F)n3)cc2)C1Cc1ccccc1. The topological polar surface area (TPSA) is 71.3 Å². The highest BCUT2D eigenvalue weighted by molar-refractivity contribution is 6.03. The van der Waals surface area contributed by atoms with E-state index < -0.39 is 18.1 Å². The number of hydrogen-bond donors (Lipinski definition) is 1. The summed E-state index contributed by atoms with van der Waals surface area (Å²) >= 11 is 0. The molecule has 172 valence electrons. The van der Waals surface area contributed by atoms with Crippen LogP contribution in [0.3, 0.4) is 0 Å². The number of halogens is 3. The van der Waals surface area contributed by atoms with Gasteiger partial charge in [-0.2, -0.15) is 18.2 Å². The maximum absolute atomic E-state index is 13.0. The molecule has 0 radical (unpaired) electrons. The number of aromatic nitrogens is 2. The number of para-hydroxylation sites is 2. The second-order valence-corrected chi connectivity index (χ2v) is 7.96. The van der Waals surface area contributed by atoms with Crippen molar-refractivity contribution in [2.24, 2.45) is 0 Å². The van der Waals surface area contributed by atoms with Crippen molar-refractivity contribution in [3.8, 4) is 11.4 Å². The summed E-state index contributed by atoms with van der Waals surface area (Å²) in [5.74, 6) is -1.61. The summed E-state index contributed by atoms with van der Waals surface area (Å²) in [6.07, 6.45) is -4.16. The predicted molar refractivity (Wildman–Crippen MR) is 120 cm³/mol. The van der Waals surface area contributed by atoms with Crippen LogP contribution in [0.1, 0.15) is 17.0 Å². The van der Waals surface area contributed by atoms with Gasteiger partial charge in [-0.25, -0.2) is 0 Å². The number of alkyl halides is 3. The Morgan fingerprint density at radius 1 is 0.912 bits per heavy atom. The van der Waals surface area contributed by atoms with E-state index in [1.807, 2.05) is 59.5 Å². The molecular formula is C25H19F3N4O2. The van der Waals surface area contributed by atoms with Gasteiger partial charge in [-0.3, -0.25) is 4.79 Å². The molecule has 34 heavy (non-hydrogen) atoms. The Balaban J connectivity index is 1.42. The van der Waals surface area contributed by atoms with E-state index in [-0.39, 0.29) is 11.7 Å². The van der Waals surface area contributed by atoms with Crippen LogP contribution in [0, 0.1) is 0 Å². The van der Waals surface area contributed by atoms with E-state index in [0.29, 0.717) is 18.5 Å². The van der Waals surface area contributed by atoms with Crippen LogP contribution in [0.5, 0.6) is 0 Å². The first-order chi connectivity index (χ1) is 16.4. The van der Waals surface area contributed by atoms with E-state index in [9.17, 15) is 18.0 Å². The number of benzene rings is 3. The standard InChI is InChI=1S/C25H19F3N4O2/c26-25(27,28)24-30-22(31-34-24)18-12-10-17(11-13-18)15-32-20-9-5-4-8-19(20)29-23(33)21(32)14-16-6-2-1-3-7-16/h1-13,21H,14-15H2,(H,29,33). The molecule has 0 saturated heterocycles. The molecular weight excluding hydrogens is 445 g/mol. The van der Waals surface area contributed by atoms with Crippen LogP contribution in [-0.4, -0.2) is 22.1 Å². The maximum atomic E-state index is 13.0. The number of fused-ring (bicyclic) bond motifs is 1. The van der Waals surface area contributed by atoms with E-state index in [4.69, 9.17) is 0 Å². The summed E-state index contributed by atoms with van der Waals surface area (Å²) < 4.78 is 42.6. The number of carbonyl (C=O) groups is 1. The predicted octanol–water partition coefficient (Wildman–Crippen LogP) is 5.33. The number of rotatable bonds is 5. The van der Waals surface area contributed by atoms with Gasteiger partial charge in [0.1, 0.15) is 6.04 Å². The molecule has 1 amide bonds. The molecule has 1 aromatic heterocycles. The van der Waals surface area contributed by atoms with Crippen molar-refractivity contribution in [3.63, 3.8) is 0 Å². The van der Waals surface area contributed by atoms with E-state index in [1.165, 1.54) is 0 Å². The number of nitrogens with one attached hydrogen (secondary N) is 1. The van der Waals surface area contributed by atoms with Crippen LogP contribution in [0.25, 0.3) is 11.4 Å². The van der Waals surface area contributed by atoms with Crippen molar-refractivity contribution >= 4 is 17.3 Å². The van der Waals surface area contributed by atoms with Crippen molar-refractivity contribution in [1.29, 1.82) is 0 Å². The van der Waals surface area contributed by atoms with Gasteiger partial charge in [0, 0.05) is 18.5 Å². The highest BCUT2D eigenvalue weighted by Crippen LogP contribution is 2.34. The number of carbonyl (C=O) groups excluding carboxylic acids is 1. The molecule has 1 aliphatic heterocycles. The summed E-state index contributed by atoms with van der Waals surface area (Å²) in [7, 11) is 0. The van der Waals surface area contributed by atoms with E-state index in [0.717, 1.165) is 22.5 Å². The summed E-state index contributed by atoms with van der Waals surface area (Å²) in [6.45, 7) is 0.433. The largest absolute Gasteiger partial charge is 0.471 e. The molecule has 9 heteroatoms. The molecule has 4 aromatic rings. The number of anilines is 2. The Hall–Kier alpha value is -4.14. The number of amides is 1. The summed E-state index contributed by atoms with van der Waals surface area (Å²) in [5, 5.41) is 6.42. The van der Waals surface area contributed by atoms with Crippen LogP contribution in [0.15, 0.2) is 83.4 Å². The van der Waals surface area contributed by atoms with Gasteiger partial charge >= 0.3 is 12.1 Å². The minimum atomic E-state index is -4.69. The summed E-state index contributed by atoms with van der Waals surface area (Å²) in [6, 6.07) is 23.8. The van der Waals surface area contributed by atoms with E-state index in [2.05, 4.69) is 20.0 Å². The minimum Gasteiger partial charge on any atom is -0.353 e. The van der Waals surface area contributed by atoms with Gasteiger partial charge in [-0.15, -0.1) is 0 Å². The Morgan fingerprint density at radius 2 is 1.62 bits per heavy atom. The Bertz CT molecular complexity index is 1300. The Morgan fingerprint density at radius 3 is 2.32 bits per heavy atom. The molecule has 1 N–H and O–H groups in total. The molecule has 1 aliphatic rings. The first-order valence-electron chi connectivity index (χ1n) is 10.6. The molecule has 0 spiro atoms. The smallest absolute Gasteiger partial charge is 0.353 e. The zero-order chi connectivity index (χ0) is 23.7. The number of nitrogens with zero attached hydrogens (tertiary/aromatic N) is 3. The lowest BCUT2D eigenvalue weighted by molar-refractivity contribution is -0.159. The van der Waals surface area contributed by atoms with Crippen LogP contribution in [0.2, 0.25) is 0 Å². The molecule has 0 fully saturated rings. The lowest BCUT2D eigenvalue weighted by Gasteiger charge is -2.38. The van der Waals surface area contributed by atoms with Gasteiger partial charge in [-0.05, 0) is 23.3 Å². The fourth-order valence-corrected chi connectivity index (χ4v) is 4.00. The molecule has 2 heterocycles. The van der Waals surface area contributed by atoms with Crippen molar-refractivity contribution in [2.75, 3.05) is 10.2 Å². The molecule has 5 rings (SSSR count). The average molecular weight is 464 g/mol. The highest BCUT2D eigenvalue weighted by Gasteiger charge is 2.38. The maximum Gasteiger partial charge on any atom is 0.471 e. The zero-order valence-corrected chi connectivity index (χ0v) is 17.8. The van der Waals surface area contributed by atoms with Gasteiger partial charge in [-0.1, -0.05) is 71.9 Å². The first kappa shape index (κ1) is 21.7. The Labute approximate surface area is 193 Å². The highest BCUT2D eigenvalue weighted by atomic mass is 19.4. The van der Waals surface area contributed by atoms with Crippen molar-refractivity contribution in [1.82, 2.24) is 10.1 Å². The molecule has 3 aromatic carbocycles. The molecule has 1 unspecified atom stereocenters. The third-order valence-corrected chi connectivity index (χ3v) is 5.66. The van der Waals surface area contributed by atoms with Gasteiger partial charge in [0.2, 0.25) is 11.7 Å². The van der Waals surface area contributed by atoms with Gasteiger partial charge in [0.15, 0.2) is 0 Å². The van der Waals surface area contributed by atoms with Crippen molar-refractivity contribution in [3.05, 3.63) is 95.9 Å². The van der Waals surface area contributed by atoms with Gasteiger partial charge in [0.25, 0.3) is 0 Å². The molecule has 0 bridgehead atoms. The summed E-state index contributed by atoms with van der Waals surface area (Å²) in [4.78, 5) is 18.5. The second-order valence-electron chi connectivity index (χ2n) is 7.96. The normalized spacial score (nSPS) is 15.7. The van der Waals surface area contributed by atoms with E-state index in [1.54, 1.807) is 24.3 Å². The van der Waals surface area contributed by atoms with Gasteiger partial charge < -0.3 is 14.7 Å². The monoisotopic (exact) mass is 464 g/mol. The molecule has 1 atom stereocenters. The Kier molecular flexibility index (Phi) is 5.53. The van der Waals surface area contributed by atoms with Crippen LogP contribution < -0.4 is 10.2 Å². The average Bonchev–Trinajstić information content (AvgIpc) is 3.33. The van der Waals surface area contributed by atoms with Crippen LogP contribution >= 0.6 is 0 Å². The van der Waals surface area contributed by atoms with Crippen LogP contribution in [-0.2, 0) is 23.9 Å². The van der Waals surface area contributed by atoms with E-state index >= 15 is 0 Å². The third kappa shape index (κ3) is 4.36. The zero-order valence-electron chi connectivity index (χ0n) is 17.8. The summed E-state index contributed by atoms with van der Waals surface area (Å²) in [5.41, 5.74) is 3.96. The fourth-order valence-electron chi connectivity index (χ4n) is 4.00. The van der Waals surface area contributed by atoms with Crippen LogP contribution in [0.4, 0.5) is 24.5 Å². The van der Waals surface area contributed by atoms with Gasteiger partial charge in [0.05, 0.1) is 11.4 Å². The minimum absolute atomic E-state index is 0.0920. The molecule has 0 saturated carbocycles. The number of hydrogen-bond acceptors (Lipinski definition) is 5. The molecule has 0 aliphatic carbocycles. The third-order valence-electron chi connectivity index (χ3n) is 5.66. The lowest BCUT2D eigenvalue weighted by atomic mass is 9.99.